The number of carbonyl (C=O) groups excluding carboxylic acids is 1. The number of hydrogen-bond acceptors (Lipinski definition) is 7. The smallest absolute Gasteiger partial charge is 0.255 e. The normalized spacial score (nSPS) is 20.1. The first-order valence-corrected chi connectivity index (χ1v) is 13.7. The molecule has 2 aliphatic rings. The van der Waals surface area contributed by atoms with Crippen LogP contribution >= 0.6 is 0 Å². The summed E-state index contributed by atoms with van der Waals surface area (Å²) in [5.41, 5.74) is 10.9. The Morgan fingerprint density at radius 1 is 1.07 bits per heavy atom. The number of aliphatic imine (C=N–C) groups is 1. The Bertz CT molecular complexity index is 1400. The Labute approximate surface area is 238 Å². The van der Waals surface area contributed by atoms with Crippen LogP contribution in [-0.4, -0.2) is 66.9 Å². The number of rotatable bonds is 11. The molecular formula is C31H33N5O5. The summed E-state index contributed by atoms with van der Waals surface area (Å²) >= 11 is 0. The molecule has 0 spiro atoms. The van der Waals surface area contributed by atoms with Gasteiger partial charge in [-0.3, -0.25) is 4.79 Å². The van der Waals surface area contributed by atoms with Gasteiger partial charge in [-0.25, -0.2) is 4.99 Å². The highest BCUT2D eigenvalue weighted by Crippen LogP contribution is 2.44. The topological polar surface area (TPSA) is 129 Å². The second kappa shape index (κ2) is 13.3. The number of nitrogens with zero attached hydrogens (tertiary/aromatic N) is 5. The van der Waals surface area contributed by atoms with Crippen LogP contribution in [0, 0.1) is 0 Å². The van der Waals surface area contributed by atoms with Crippen molar-refractivity contribution in [1.82, 2.24) is 4.90 Å². The van der Waals surface area contributed by atoms with Gasteiger partial charge in [-0.05, 0) is 46.5 Å². The van der Waals surface area contributed by atoms with E-state index >= 15 is 0 Å². The highest BCUT2D eigenvalue weighted by Gasteiger charge is 2.55. The minimum Gasteiger partial charge on any atom is -0.494 e. The predicted octanol–water partition coefficient (Wildman–Crippen LogP) is 4.62. The number of benzene rings is 3. The summed E-state index contributed by atoms with van der Waals surface area (Å²) in [6.07, 6.45) is 0.0925. The Hall–Kier alpha value is -4.37. The molecule has 0 radical (unpaired) electrons. The maximum Gasteiger partial charge on any atom is 0.255 e. The quantitative estimate of drug-likeness (QED) is 0.160. The molecule has 5 rings (SSSR count). The molecule has 1 amide bonds. The van der Waals surface area contributed by atoms with Crippen LogP contribution in [0.15, 0.2) is 89.0 Å². The molecule has 10 nitrogen and oxygen atoms in total. The highest BCUT2D eigenvalue weighted by molar-refractivity contribution is 6.01. The molecule has 41 heavy (non-hydrogen) atoms. The van der Waals surface area contributed by atoms with Crippen LogP contribution in [0.5, 0.6) is 5.75 Å². The fraction of sp³-hybridized carbons (Fsp3) is 0.355. The fourth-order valence-corrected chi connectivity index (χ4v) is 5.23. The van der Waals surface area contributed by atoms with Crippen molar-refractivity contribution in [3.05, 3.63) is 112 Å². The molecular weight excluding hydrogens is 522 g/mol. The molecule has 2 heterocycles. The zero-order valence-corrected chi connectivity index (χ0v) is 22.8. The fourth-order valence-electron chi connectivity index (χ4n) is 5.23. The average Bonchev–Trinajstić information content (AvgIpc) is 3.41. The van der Waals surface area contributed by atoms with Gasteiger partial charge in [-0.1, -0.05) is 59.7 Å². The third-order valence-corrected chi connectivity index (χ3v) is 7.26. The average molecular weight is 556 g/mol. The third-order valence-electron chi connectivity index (χ3n) is 7.26. The van der Waals surface area contributed by atoms with Crippen molar-refractivity contribution in [1.29, 1.82) is 0 Å². The number of amides is 1. The van der Waals surface area contributed by atoms with Crippen molar-refractivity contribution in [2.45, 2.75) is 31.0 Å². The summed E-state index contributed by atoms with van der Waals surface area (Å²) in [5, 5.41) is 12.8. The summed E-state index contributed by atoms with van der Waals surface area (Å²) in [7, 11) is 0. The van der Waals surface area contributed by atoms with E-state index in [1.165, 1.54) is 0 Å². The van der Waals surface area contributed by atoms with Crippen molar-refractivity contribution >= 4 is 11.8 Å². The van der Waals surface area contributed by atoms with Crippen LogP contribution in [0.3, 0.4) is 0 Å². The van der Waals surface area contributed by atoms with Gasteiger partial charge in [0.05, 0.1) is 26.4 Å². The number of aliphatic hydroxyl groups is 1. The monoisotopic (exact) mass is 555 g/mol. The number of azide groups is 1. The van der Waals surface area contributed by atoms with Gasteiger partial charge in [-0.2, -0.15) is 0 Å². The van der Waals surface area contributed by atoms with Gasteiger partial charge in [0.15, 0.2) is 11.6 Å². The standard InChI is InChI=1S/C31H33N5O5/c32-35-33-22-25-9-4-5-10-27(25)28-31(21-23-7-2-1-3-8-23,30(38)36-15-19-39-20-16-36)34-29(41-28)24-11-13-26(14-12-24)40-18-6-17-37/h1-5,7-14,28,37H,6,15-22H2/t28-,31-/m1/s1. The molecule has 10 heteroatoms. The summed E-state index contributed by atoms with van der Waals surface area (Å²) in [6, 6.07) is 24.7. The lowest BCUT2D eigenvalue weighted by Gasteiger charge is -2.37. The van der Waals surface area contributed by atoms with E-state index in [2.05, 4.69) is 10.0 Å². The molecule has 0 bridgehead atoms. The van der Waals surface area contributed by atoms with Gasteiger partial charge in [0.25, 0.3) is 5.91 Å². The largest absolute Gasteiger partial charge is 0.494 e. The van der Waals surface area contributed by atoms with Crippen molar-refractivity contribution < 1.29 is 24.1 Å². The van der Waals surface area contributed by atoms with E-state index in [4.69, 9.17) is 29.8 Å². The predicted molar refractivity (Wildman–Crippen MR) is 154 cm³/mol. The molecule has 2 atom stereocenters. The molecule has 1 fully saturated rings. The molecule has 1 saturated heterocycles. The van der Waals surface area contributed by atoms with Crippen LogP contribution in [0.2, 0.25) is 0 Å². The minimum absolute atomic E-state index is 0.0614. The van der Waals surface area contributed by atoms with Gasteiger partial charge >= 0.3 is 0 Å². The van der Waals surface area contributed by atoms with E-state index < -0.39 is 11.6 Å². The van der Waals surface area contributed by atoms with Crippen LogP contribution < -0.4 is 4.74 Å². The lowest BCUT2D eigenvalue weighted by Crippen LogP contribution is -2.54. The minimum atomic E-state index is -1.31. The van der Waals surface area contributed by atoms with E-state index in [-0.39, 0.29) is 19.1 Å². The molecule has 0 aliphatic carbocycles. The molecule has 2 aliphatic heterocycles. The lowest BCUT2D eigenvalue weighted by atomic mass is 9.80. The number of morpholine rings is 1. The van der Waals surface area contributed by atoms with E-state index in [1.54, 1.807) is 0 Å². The first-order valence-electron chi connectivity index (χ1n) is 13.7. The molecule has 0 aromatic heterocycles. The summed E-state index contributed by atoms with van der Waals surface area (Å²) in [5.74, 6) is 0.886. The van der Waals surface area contributed by atoms with Crippen molar-refractivity contribution in [3.8, 4) is 5.75 Å². The molecule has 3 aromatic carbocycles. The van der Waals surface area contributed by atoms with Crippen LogP contribution in [-0.2, 0) is 27.2 Å². The SMILES string of the molecule is [N-]=[N+]=NCc1ccccc1[C@H]1OC(c2ccc(OCCCO)cc2)=N[C@@]1(Cc1ccccc1)C(=O)N1CCOCC1. The van der Waals surface area contributed by atoms with Crippen LogP contribution in [0.4, 0.5) is 0 Å². The molecule has 0 saturated carbocycles. The number of ether oxygens (including phenoxy) is 3. The maximum atomic E-state index is 14.6. The number of aliphatic hydroxyl groups excluding tert-OH is 1. The van der Waals surface area contributed by atoms with Gasteiger partial charge in [0, 0.05) is 43.0 Å². The van der Waals surface area contributed by atoms with Gasteiger partial charge in [-0.15, -0.1) is 0 Å². The van der Waals surface area contributed by atoms with E-state index in [0.717, 1.165) is 16.7 Å². The number of carbonyl (C=O) groups is 1. The second-order valence-electron chi connectivity index (χ2n) is 9.94. The molecule has 212 valence electrons. The first-order chi connectivity index (χ1) is 20.1. The van der Waals surface area contributed by atoms with Gasteiger partial charge in [0.2, 0.25) is 5.90 Å². The van der Waals surface area contributed by atoms with E-state index in [0.29, 0.717) is 63.0 Å². The highest BCUT2D eigenvalue weighted by atomic mass is 16.5. The zero-order chi connectivity index (χ0) is 28.5. The molecule has 1 N–H and O–H groups in total. The van der Waals surface area contributed by atoms with Gasteiger partial charge < -0.3 is 24.2 Å². The summed E-state index contributed by atoms with van der Waals surface area (Å²) in [4.78, 5) is 24.5. The zero-order valence-electron chi connectivity index (χ0n) is 22.8. The van der Waals surface area contributed by atoms with Crippen molar-refractivity contribution in [2.75, 3.05) is 39.5 Å². The van der Waals surface area contributed by atoms with E-state index in [9.17, 15) is 4.79 Å². The molecule has 3 aromatic rings. The third kappa shape index (κ3) is 6.36. The number of hydrogen-bond donors (Lipinski definition) is 1. The lowest BCUT2D eigenvalue weighted by molar-refractivity contribution is -0.143. The Balaban J connectivity index is 1.61. The first kappa shape index (κ1) is 28.2. The Morgan fingerprint density at radius 3 is 2.54 bits per heavy atom. The van der Waals surface area contributed by atoms with Crippen LogP contribution in [0.25, 0.3) is 10.4 Å². The van der Waals surface area contributed by atoms with E-state index in [1.807, 2.05) is 83.8 Å². The maximum absolute atomic E-state index is 14.6. The second-order valence-corrected chi connectivity index (χ2v) is 9.94. The summed E-state index contributed by atoms with van der Waals surface area (Å²) < 4.78 is 17.9. The van der Waals surface area contributed by atoms with Crippen molar-refractivity contribution in [2.24, 2.45) is 10.1 Å². The van der Waals surface area contributed by atoms with Crippen molar-refractivity contribution in [3.63, 3.8) is 0 Å². The molecule has 0 unspecified atom stereocenters. The van der Waals surface area contributed by atoms with Gasteiger partial charge in [0.1, 0.15) is 5.75 Å². The Kier molecular flexibility index (Phi) is 9.15. The summed E-state index contributed by atoms with van der Waals surface area (Å²) in [6.45, 7) is 2.44. The van der Waals surface area contributed by atoms with Crippen LogP contribution in [0.1, 0.15) is 34.8 Å². The Morgan fingerprint density at radius 2 is 1.80 bits per heavy atom.